The number of para-hydroxylation sites is 3. The smallest absolute Gasteiger partial charge is 0.0973 e. The fourth-order valence-electron chi connectivity index (χ4n) is 10.6. The summed E-state index contributed by atoms with van der Waals surface area (Å²) in [6.07, 6.45) is 0. The number of hydrogen-bond donors (Lipinski definition) is 0. The Labute approximate surface area is 392 Å². The third-order valence-electron chi connectivity index (χ3n) is 13.8. The topological polar surface area (TPSA) is 35.6 Å². The van der Waals surface area contributed by atoms with Gasteiger partial charge < -0.3 is 9.13 Å². The third-order valence-corrected chi connectivity index (χ3v) is 13.8. The van der Waals surface area contributed by atoms with Gasteiger partial charge in [0.2, 0.25) is 0 Å². The summed E-state index contributed by atoms with van der Waals surface area (Å²) in [5, 5.41) is 9.83. The van der Waals surface area contributed by atoms with Crippen LogP contribution in [0.15, 0.2) is 243 Å². The standard InChI is InChI=1S/C64H40N4/c1-3-15-41(16-4-1)48-33-49(42-17-5-2-6-18-42)35-50(34-48)64-63(65-57-24-12-13-25-58(57)66-64)43-27-29-51(30-28-43)67-60-32-31-52(40-56(60)55-37-45-20-8-10-22-47(45)39-62(55)67)68-59-26-14-11-23-53(59)54-36-44-19-7-9-21-46(44)38-61(54)68/h1-40H. The van der Waals surface area contributed by atoms with Gasteiger partial charge in [0.25, 0.3) is 0 Å². The van der Waals surface area contributed by atoms with E-state index in [4.69, 9.17) is 9.97 Å². The van der Waals surface area contributed by atoms with Gasteiger partial charge in [0.15, 0.2) is 0 Å². The maximum Gasteiger partial charge on any atom is 0.0973 e. The zero-order chi connectivity index (χ0) is 44.7. The maximum absolute atomic E-state index is 5.39. The monoisotopic (exact) mass is 864 g/mol. The molecule has 14 aromatic rings. The minimum absolute atomic E-state index is 0.844. The molecule has 0 aliphatic rings. The van der Waals surface area contributed by atoms with Crippen LogP contribution in [0, 0.1) is 0 Å². The van der Waals surface area contributed by atoms with Crippen molar-refractivity contribution in [2.45, 2.75) is 0 Å². The minimum Gasteiger partial charge on any atom is -0.309 e. The van der Waals surface area contributed by atoms with Gasteiger partial charge in [-0.3, -0.25) is 0 Å². The van der Waals surface area contributed by atoms with E-state index in [1.807, 2.05) is 12.1 Å². The summed E-state index contributed by atoms with van der Waals surface area (Å²) in [6.45, 7) is 0. The van der Waals surface area contributed by atoms with Crippen molar-refractivity contribution in [1.29, 1.82) is 0 Å². The summed E-state index contributed by atoms with van der Waals surface area (Å²) in [5.74, 6) is 0. The second kappa shape index (κ2) is 15.2. The Bertz CT molecular complexity index is 4240. The van der Waals surface area contributed by atoms with E-state index in [2.05, 4.69) is 240 Å². The Morgan fingerprint density at radius 2 is 0.662 bits per heavy atom. The molecule has 0 atom stereocenters. The Morgan fingerprint density at radius 1 is 0.235 bits per heavy atom. The van der Waals surface area contributed by atoms with Crippen LogP contribution in [0.2, 0.25) is 0 Å². The molecule has 0 radical (unpaired) electrons. The predicted octanol–water partition coefficient (Wildman–Crippen LogP) is 16.8. The molecule has 0 unspecified atom stereocenters. The molecule has 4 nitrogen and oxygen atoms in total. The molecule has 0 amide bonds. The normalized spacial score (nSPS) is 11.8. The van der Waals surface area contributed by atoms with Crippen molar-refractivity contribution >= 4 is 76.2 Å². The summed E-state index contributed by atoms with van der Waals surface area (Å²) in [6, 6.07) is 87.6. The van der Waals surface area contributed by atoms with Crippen LogP contribution in [0.3, 0.4) is 0 Å². The fraction of sp³-hybridized carbons (Fsp3) is 0. The molecule has 0 aliphatic carbocycles. The van der Waals surface area contributed by atoms with Gasteiger partial charge in [-0.05, 0) is 135 Å². The van der Waals surface area contributed by atoms with Crippen LogP contribution in [-0.4, -0.2) is 19.1 Å². The van der Waals surface area contributed by atoms with Crippen molar-refractivity contribution in [2.75, 3.05) is 0 Å². The Balaban J connectivity index is 0.953. The molecule has 0 bridgehead atoms. The lowest BCUT2D eigenvalue weighted by atomic mass is 9.93. The molecule has 3 heterocycles. The summed E-state index contributed by atoms with van der Waals surface area (Å²) >= 11 is 0. The molecule has 316 valence electrons. The highest BCUT2D eigenvalue weighted by molar-refractivity contribution is 6.16. The highest BCUT2D eigenvalue weighted by atomic mass is 15.0. The quantitative estimate of drug-likeness (QED) is 0.167. The van der Waals surface area contributed by atoms with Gasteiger partial charge in [-0.1, -0.05) is 152 Å². The number of fused-ring (bicyclic) bond motifs is 9. The number of nitrogens with zero attached hydrogens (tertiary/aromatic N) is 4. The van der Waals surface area contributed by atoms with Crippen LogP contribution in [0.4, 0.5) is 0 Å². The lowest BCUT2D eigenvalue weighted by Gasteiger charge is -2.15. The number of benzene rings is 11. The predicted molar refractivity (Wildman–Crippen MR) is 285 cm³/mol. The van der Waals surface area contributed by atoms with Gasteiger partial charge >= 0.3 is 0 Å². The van der Waals surface area contributed by atoms with Gasteiger partial charge in [-0.15, -0.1) is 0 Å². The number of rotatable bonds is 6. The number of aromatic nitrogens is 4. The van der Waals surface area contributed by atoms with E-state index in [-0.39, 0.29) is 0 Å². The van der Waals surface area contributed by atoms with Gasteiger partial charge in [0.05, 0.1) is 44.5 Å². The Hall–Kier alpha value is -9.12. The molecule has 0 saturated carbocycles. The first-order chi connectivity index (χ1) is 33.7. The molecule has 0 spiro atoms. The van der Waals surface area contributed by atoms with Crippen LogP contribution < -0.4 is 0 Å². The van der Waals surface area contributed by atoms with E-state index in [0.717, 1.165) is 78.2 Å². The van der Waals surface area contributed by atoms with Crippen LogP contribution in [-0.2, 0) is 0 Å². The molecule has 0 aliphatic heterocycles. The van der Waals surface area contributed by atoms with Gasteiger partial charge in [0, 0.05) is 44.0 Å². The Kier molecular flexibility index (Phi) is 8.55. The van der Waals surface area contributed by atoms with Crippen LogP contribution in [0.25, 0.3) is 132 Å². The highest BCUT2D eigenvalue weighted by Gasteiger charge is 2.20. The van der Waals surface area contributed by atoms with E-state index < -0.39 is 0 Å². The van der Waals surface area contributed by atoms with Crippen molar-refractivity contribution < 1.29 is 0 Å². The second-order valence-electron chi connectivity index (χ2n) is 17.8. The summed E-state index contributed by atoms with van der Waals surface area (Å²) in [5.41, 5.74) is 16.9. The lowest BCUT2D eigenvalue weighted by Crippen LogP contribution is -1.98. The third kappa shape index (κ3) is 6.15. The van der Waals surface area contributed by atoms with Crippen molar-refractivity contribution in [3.63, 3.8) is 0 Å². The molecular weight excluding hydrogens is 825 g/mol. The Morgan fingerprint density at radius 3 is 1.26 bits per heavy atom. The molecular formula is C64H40N4. The first-order valence-electron chi connectivity index (χ1n) is 23.2. The van der Waals surface area contributed by atoms with Crippen LogP contribution in [0.1, 0.15) is 0 Å². The van der Waals surface area contributed by atoms with E-state index >= 15 is 0 Å². The highest BCUT2D eigenvalue weighted by Crippen LogP contribution is 2.41. The van der Waals surface area contributed by atoms with Crippen molar-refractivity contribution in [1.82, 2.24) is 19.1 Å². The first-order valence-corrected chi connectivity index (χ1v) is 23.2. The SMILES string of the molecule is c1ccc(-c2cc(-c3ccccc3)cc(-c3nc4ccccc4nc3-c3ccc(-n4c5ccc(-n6c7ccccc7c7cc8ccccc8cc76)cc5c5cc6ccccc6cc54)cc3)c2)cc1. The van der Waals surface area contributed by atoms with E-state index in [9.17, 15) is 0 Å². The second-order valence-corrected chi connectivity index (χ2v) is 17.8. The zero-order valence-electron chi connectivity index (χ0n) is 36.9. The largest absolute Gasteiger partial charge is 0.309 e. The molecule has 4 heteroatoms. The van der Waals surface area contributed by atoms with Crippen LogP contribution in [0.5, 0.6) is 0 Å². The molecule has 11 aromatic carbocycles. The van der Waals surface area contributed by atoms with E-state index in [0.29, 0.717) is 0 Å². The average molecular weight is 865 g/mol. The lowest BCUT2D eigenvalue weighted by molar-refractivity contribution is 1.17. The molecule has 0 N–H and O–H groups in total. The van der Waals surface area contributed by atoms with Crippen LogP contribution >= 0.6 is 0 Å². The van der Waals surface area contributed by atoms with Gasteiger partial charge in [-0.2, -0.15) is 0 Å². The first kappa shape index (κ1) is 38.2. The summed E-state index contributed by atoms with van der Waals surface area (Å²) < 4.78 is 4.86. The van der Waals surface area contributed by atoms with Gasteiger partial charge in [-0.25, -0.2) is 9.97 Å². The van der Waals surface area contributed by atoms with Crippen molar-refractivity contribution in [2.24, 2.45) is 0 Å². The molecule has 0 fully saturated rings. The van der Waals surface area contributed by atoms with E-state index in [1.54, 1.807) is 0 Å². The summed E-state index contributed by atoms with van der Waals surface area (Å²) in [4.78, 5) is 10.8. The minimum atomic E-state index is 0.844. The van der Waals surface area contributed by atoms with Gasteiger partial charge in [0.1, 0.15) is 0 Å². The molecule has 68 heavy (non-hydrogen) atoms. The van der Waals surface area contributed by atoms with E-state index in [1.165, 1.54) is 54.1 Å². The molecule has 3 aromatic heterocycles. The number of hydrogen-bond acceptors (Lipinski definition) is 2. The van der Waals surface area contributed by atoms with Crippen molar-refractivity contribution in [3.05, 3.63) is 243 Å². The molecule has 0 saturated heterocycles. The summed E-state index contributed by atoms with van der Waals surface area (Å²) in [7, 11) is 0. The fourth-order valence-corrected chi connectivity index (χ4v) is 10.6. The average Bonchev–Trinajstić information content (AvgIpc) is 3.90. The molecule has 14 rings (SSSR count). The zero-order valence-corrected chi connectivity index (χ0v) is 36.9. The maximum atomic E-state index is 5.39. The van der Waals surface area contributed by atoms with Crippen molar-refractivity contribution in [3.8, 4) is 56.1 Å².